The highest BCUT2D eigenvalue weighted by Gasteiger charge is 2.19. The fourth-order valence-corrected chi connectivity index (χ4v) is 3.50. The van der Waals surface area contributed by atoms with Gasteiger partial charge in [-0.3, -0.25) is 4.79 Å². The molecule has 1 N–H and O–H groups in total. The maximum Gasteiger partial charge on any atom is 0.265 e. The third-order valence-electron chi connectivity index (χ3n) is 4.16. The Kier molecular flexibility index (Phi) is 5.32. The van der Waals surface area contributed by atoms with Gasteiger partial charge in [-0.05, 0) is 68.0 Å². The molecule has 0 saturated heterocycles. The predicted molar refractivity (Wildman–Crippen MR) is 98.3 cm³/mol. The molecule has 0 aliphatic heterocycles. The topological polar surface area (TPSA) is 38.3 Å². The van der Waals surface area contributed by atoms with E-state index in [4.69, 9.17) is 27.9 Å². The van der Waals surface area contributed by atoms with Crippen LogP contribution < -0.4 is 10.1 Å². The van der Waals surface area contributed by atoms with Crippen LogP contribution >= 0.6 is 23.2 Å². The average Bonchev–Trinajstić information content (AvgIpc) is 2.54. The van der Waals surface area contributed by atoms with Crippen LogP contribution in [0.15, 0.2) is 36.4 Å². The summed E-state index contributed by atoms with van der Waals surface area (Å²) in [5, 5.41) is 3.74. The molecule has 0 bridgehead atoms. The number of aryl methyl sites for hydroxylation is 1. The van der Waals surface area contributed by atoms with Gasteiger partial charge in [-0.2, -0.15) is 0 Å². The van der Waals surface area contributed by atoms with E-state index in [1.54, 1.807) is 25.1 Å². The van der Waals surface area contributed by atoms with Gasteiger partial charge in [-0.25, -0.2) is 0 Å². The lowest BCUT2D eigenvalue weighted by Gasteiger charge is -2.22. The highest BCUT2D eigenvalue weighted by molar-refractivity contribution is 6.35. The number of nitrogens with one attached hydrogen (secondary N) is 1. The molecule has 0 radical (unpaired) electrons. The highest BCUT2D eigenvalue weighted by Crippen LogP contribution is 2.30. The van der Waals surface area contributed by atoms with Gasteiger partial charge in [-0.15, -0.1) is 0 Å². The first-order valence-electron chi connectivity index (χ1n) is 8.07. The molecule has 5 heteroatoms. The molecule has 0 aromatic heterocycles. The molecule has 3 rings (SSSR count). The summed E-state index contributed by atoms with van der Waals surface area (Å²) in [4.78, 5) is 12.4. The van der Waals surface area contributed by atoms with Crippen molar-refractivity contribution >= 4 is 34.8 Å². The van der Waals surface area contributed by atoms with Gasteiger partial charge in [0.2, 0.25) is 0 Å². The predicted octanol–water partition coefficient (Wildman–Crippen LogP) is 5.28. The van der Waals surface area contributed by atoms with Gasteiger partial charge >= 0.3 is 0 Å². The summed E-state index contributed by atoms with van der Waals surface area (Å²) in [6.07, 6.45) is 3.84. The van der Waals surface area contributed by atoms with Gasteiger partial charge < -0.3 is 10.1 Å². The van der Waals surface area contributed by atoms with Gasteiger partial charge in [0.05, 0.1) is 0 Å². The zero-order valence-electron chi connectivity index (χ0n) is 13.4. The fraction of sp³-hybridized carbons (Fsp3) is 0.316. The normalized spacial score (nSPS) is 14.6. The summed E-state index contributed by atoms with van der Waals surface area (Å²) in [5.74, 6) is 0.570. The average molecular weight is 364 g/mol. The van der Waals surface area contributed by atoms with E-state index < -0.39 is 6.10 Å². The minimum Gasteiger partial charge on any atom is -0.481 e. The number of carbonyl (C=O) groups excluding carboxylic acids is 1. The summed E-state index contributed by atoms with van der Waals surface area (Å²) in [6, 6.07) is 11.0. The number of rotatable bonds is 4. The molecule has 3 nitrogen and oxygen atoms in total. The first kappa shape index (κ1) is 17.1. The Morgan fingerprint density at radius 3 is 2.58 bits per heavy atom. The molecular weight excluding hydrogens is 345 g/mol. The van der Waals surface area contributed by atoms with Crippen molar-refractivity contribution in [3.63, 3.8) is 0 Å². The molecule has 1 amide bonds. The van der Waals surface area contributed by atoms with E-state index >= 15 is 0 Å². The maximum atomic E-state index is 12.4. The first-order valence-corrected chi connectivity index (χ1v) is 8.83. The fourth-order valence-electron chi connectivity index (χ4n) is 2.97. The van der Waals surface area contributed by atoms with Crippen molar-refractivity contribution in [3.05, 3.63) is 57.6 Å². The number of ether oxygens (including phenoxy) is 1. The summed E-state index contributed by atoms with van der Waals surface area (Å²) in [7, 11) is 0. The van der Waals surface area contributed by atoms with Gasteiger partial charge in [0.15, 0.2) is 6.10 Å². The summed E-state index contributed by atoms with van der Waals surface area (Å²) >= 11 is 11.9. The van der Waals surface area contributed by atoms with Crippen molar-refractivity contribution in [1.29, 1.82) is 0 Å². The van der Waals surface area contributed by atoms with Crippen LogP contribution in [-0.4, -0.2) is 12.0 Å². The van der Waals surface area contributed by atoms with E-state index in [0.717, 1.165) is 25.0 Å². The van der Waals surface area contributed by atoms with Crippen molar-refractivity contribution in [3.8, 4) is 5.75 Å². The molecule has 24 heavy (non-hydrogen) atoms. The Balaban J connectivity index is 1.70. The molecule has 1 atom stereocenters. The second-order valence-corrected chi connectivity index (χ2v) is 6.88. The number of fused-ring (bicyclic) bond motifs is 1. The Morgan fingerprint density at radius 2 is 1.83 bits per heavy atom. The van der Waals surface area contributed by atoms with Gasteiger partial charge in [0, 0.05) is 15.7 Å². The number of benzene rings is 2. The lowest BCUT2D eigenvalue weighted by Crippen LogP contribution is -2.30. The summed E-state index contributed by atoms with van der Waals surface area (Å²) in [5.41, 5.74) is 3.12. The number of hydrogen-bond donors (Lipinski definition) is 1. The zero-order chi connectivity index (χ0) is 17.1. The Bertz CT molecular complexity index is 741. The second-order valence-electron chi connectivity index (χ2n) is 6.01. The molecule has 2 aromatic rings. The molecule has 0 unspecified atom stereocenters. The van der Waals surface area contributed by atoms with Crippen LogP contribution in [0.3, 0.4) is 0 Å². The van der Waals surface area contributed by atoms with Crippen LogP contribution in [0, 0.1) is 0 Å². The largest absolute Gasteiger partial charge is 0.481 e. The van der Waals surface area contributed by atoms with Crippen LogP contribution in [0.4, 0.5) is 5.69 Å². The quantitative estimate of drug-likeness (QED) is 0.802. The SMILES string of the molecule is C[C@H](Oc1cccc2c1CCCC2)C(=O)Nc1cc(Cl)cc(Cl)c1. The van der Waals surface area contributed by atoms with Crippen molar-refractivity contribution in [1.82, 2.24) is 0 Å². The molecule has 1 aliphatic carbocycles. The van der Waals surface area contributed by atoms with Crippen LogP contribution in [-0.2, 0) is 17.6 Å². The van der Waals surface area contributed by atoms with E-state index in [1.807, 2.05) is 12.1 Å². The third kappa shape index (κ3) is 4.03. The summed E-state index contributed by atoms with van der Waals surface area (Å²) < 4.78 is 5.93. The van der Waals surface area contributed by atoms with E-state index in [1.165, 1.54) is 17.5 Å². The maximum absolute atomic E-state index is 12.4. The second kappa shape index (κ2) is 7.45. The molecule has 126 valence electrons. The van der Waals surface area contributed by atoms with E-state index in [-0.39, 0.29) is 5.91 Å². The van der Waals surface area contributed by atoms with E-state index in [9.17, 15) is 4.79 Å². The minimum absolute atomic E-state index is 0.234. The molecule has 0 spiro atoms. The zero-order valence-corrected chi connectivity index (χ0v) is 15.0. The van der Waals surface area contributed by atoms with Crippen molar-refractivity contribution in [2.24, 2.45) is 0 Å². The van der Waals surface area contributed by atoms with Crippen LogP contribution in [0.1, 0.15) is 30.9 Å². The lowest BCUT2D eigenvalue weighted by molar-refractivity contribution is -0.122. The molecule has 0 saturated carbocycles. The molecule has 0 heterocycles. The highest BCUT2D eigenvalue weighted by atomic mass is 35.5. The van der Waals surface area contributed by atoms with Crippen LogP contribution in [0.2, 0.25) is 10.0 Å². The standard InChI is InChI=1S/C19H19Cl2NO2/c1-12(19(23)22-16-10-14(20)9-15(21)11-16)24-18-8-4-6-13-5-2-3-7-17(13)18/h4,6,8-12H,2-3,5,7H2,1H3,(H,22,23)/t12-/m0/s1. The van der Waals surface area contributed by atoms with Crippen LogP contribution in [0.5, 0.6) is 5.75 Å². The Hall–Kier alpha value is -1.71. The van der Waals surface area contributed by atoms with Gasteiger partial charge in [-0.1, -0.05) is 35.3 Å². The molecular formula is C19H19Cl2NO2. The van der Waals surface area contributed by atoms with Gasteiger partial charge in [0.25, 0.3) is 5.91 Å². The monoisotopic (exact) mass is 363 g/mol. The van der Waals surface area contributed by atoms with Gasteiger partial charge in [0.1, 0.15) is 5.75 Å². The van der Waals surface area contributed by atoms with E-state index in [2.05, 4.69) is 11.4 Å². The Labute approximate surface area is 151 Å². The number of carbonyl (C=O) groups is 1. The molecule has 2 aromatic carbocycles. The number of hydrogen-bond acceptors (Lipinski definition) is 2. The number of amides is 1. The number of halogens is 2. The van der Waals surface area contributed by atoms with Crippen molar-refractivity contribution in [2.45, 2.75) is 38.7 Å². The van der Waals surface area contributed by atoms with Crippen molar-refractivity contribution in [2.75, 3.05) is 5.32 Å². The number of anilines is 1. The lowest BCUT2D eigenvalue weighted by atomic mass is 9.91. The molecule has 1 aliphatic rings. The smallest absolute Gasteiger partial charge is 0.265 e. The van der Waals surface area contributed by atoms with Crippen LogP contribution in [0.25, 0.3) is 0 Å². The van der Waals surface area contributed by atoms with Crippen molar-refractivity contribution < 1.29 is 9.53 Å². The first-order chi connectivity index (χ1) is 11.5. The van der Waals surface area contributed by atoms with E-state index in [0.29, 0.717) is 15.7 Å². The Morgan fingerprint density at radius 1 is 1.12 bits per heavy atom. The minimum atomic E-state index is -0.615. The summed E-state index contributed by atoms with van der Waals surface area (Å²) in [6.45, 7) is 1.74. The third-order valence-corrected chi connectivity index (χ3v) is 4.59. The molecule has 0 fully saturated rings.